The lowest BCUT2D eigenvalue weighted by Gasteiger charge is -2.14. The molecule has 1 aromatic heterocycles. The van der Waals surface area contributed by atoms with Gasteiger partial charge in [-0.2, -0.15) is 0 Å². The minimum absolute atomic E-state index is 0.209. The summed E-state index contributed by atoms with van der Waals surface area (Å²) in [6, 6.07) is 3.16. The van der Waals surface area contributed by atoms with Crippen LogP contribution >= 0.6 is 0 Å². The second-order valence-electron chi connectivity index (χ2n) is 4.13. The van der Waals surface area contributed by atoms with E-state index in [4.69, 9.17) is 9.47 Å². The molecule has 1 aromatic rings. The number of carbonyl (C=O) groups excluding carboxylic acids is 2. The molecule has 0 aliphatic carbocycles. The summed E-state index contributed by atoms with van der Waals surface area (Å²) in [5, 5.41) is 2.67. The van der Waals surface area contributed by atoms with E-state index in [1.807, 2.05) is 6.92 Å². The largest absolute Gasteiger partial charge is 0.477 e. The predicted octanol–water partition coefficient (Wildman–Crippen LogP) is 1.55. The van der Waals surface area contributed by atoms with Gasteiger partial charge in [-0.3, -0.25) is 4.79 Å². The Morgan fingerprint density at radius 3 is 2.80 bits per heavy atom. The van der Waals surface area contributed by atoms with Crippen LogP contribution in [0.15, 0.2) is 18.3 Å². The topological polar surface area (TPSA) is 77.5 Å². The zero-order valence-electron chi connectivity index (χ0n) is 12.0. The SMILES string of the molecule is CCCNC(=O)C(C)OC(=O)c1cccnc1OCC. The summed E-state index contributed by atoms with van der Waals surface area (Å²) in [5.41, 5.74) is 0.212. The fourth-order valence-corrected chi connectivity index (χ4v) is 1.47. The van der Waals surface area contributed by atoms with E-state index in [9.17, 15) is 9.59 Å². The molecule has 1 atom stereocenters. The summed E-state index contributed by atoms with van der Waals surface area (Å²) in [5.74, 6) is -0.732. The van der Waals surface area contributed by atoms with Crippen molar-refractivity contribution in [2.45, 2.75) is 33.3 Å². The van der Waals surface area contributed by atoms with E-state index in [1.54, 1.807) is 19.1 Å². The predicted molar refractivity (Wildman–Crippen MR) is 73.6 cm³/mol. The highest BCUT2D eigenvalue weighted by Gasteiger charge is 2.21. The maximum absolute atomic E-state index is 12.0. The van der Waals surface area contributed by atoms with Crippen molar-refractivity contribution in [3.63, 3.8) is 0 Å². The number of hydrogen-bond acceptors (Lipinski definition) is 5. The Labute approximate surface area is 118 Å². The fourth-order valence-electron chi connectivity index (χ4n) is 1.47. The van der Waals surface area contributed by atoms with E-state index in [2.05, 4.69) is 10.3 Å². The molecule has 0 saturated heterocycles. The van der Waals surface area contributed by atoms with E-state index in [0.29, 0.717) is 13.2 Å². The van der Waals surface area contributed by atoms with Gasteiger partial charge in [0.05, 0.1) is 6.61 Å². The first-order valence-electron chi connectivity index (χ1n) is 6.66. The zero-order valence-corrected chi connectivity index (χ0v) is 12.0. The molecule has 6 nitrogen and oxygen atoms in total. The van der Waals surface area contributed by atoms with Gasteiger partial charge < -0.3 is 14.8 Å². The van der Waals surface area contributed by atoms with Gasteiger partial charge in [0.25, 0.3) is 5.91 Å². The maximum atomic E-state index is 12.0. The number of nitrogens with zero attached hydrogens (tertiary/aromatic N) is 1. The second-order valence-corrected chi connectivity index (χ2v) is 4.13. The Balaban J connectivity index is 2.68. The standard InChI is InChI=1S/C14H20N2O4/c1-4-8-15-12(17)10(3)20-14(18)11-7-6-9-16-13(11)19-5-2/h6-7,9-10H,4-5,8H2,1-3H3,(H,15,17). The average molecular weight is 280 g/mol. The second kappa shape index (κ2) is 8.14. The van der Waals surface area contributed by atoms with Crippen LogP contribution in [0.25, 0.3) is 0 Å². The van der Waals surface area contributed by atoms with Crippen LogP contribution in [-0.2, 0) is 9.53 Å². The van der Waals surface area contributed by atoms with Gasteiger partial charge in [-0.25, -0.2) is 9.78 Å². The van der Waals surface area contributed by atoms with E-state index in [-0.39, 0.29) is 17.4 Å². The van der Waals surface area contributed by atoms with E-state index < -0.39 is 12.1 Å². The third-order valence-electron chi connectivity index (χ3n) is 2.47. The van der Waals surface area contributed by atoms with Crippen molar-refractivity contribution in [2.24, 2.45) is 0 Å². The highest BCUT2D eigenvalue weighted by Crippen LogP contribution is 2.16. The molecule has 6 heteroatoms. The Bertz CT molecular complexity index is 462. The molecule has 1 amide bonds. The zero-order chi connectivity index (χ0) is 15.0. The summed E-state index contributed by atoms with van der Waals surface area (Å²) in [7, 11) is 0. The average Bonchev–Trinajstić information content (AvgIpc) is 2.45. The number of carbonyl (C=O) groups is 2. The van der Waals surface area contributed by atoms with Gasteiger partial charge >= 0.3 is 5.97 Å². The minimum Gasteiger partial charge on any atom is -0.477 e. The summed E-state index contributed by atoms with van der Waals surface area (Å²) < 4.78 is 10.4. The van der Waals surface area contributed by atoms with Crippen LogP contribution in [0.5, 0.6) is 5.88 Å². The van der Waals surface area contributed by atoms with Crippen LogP contribution in [0.1, 0.15) is 37.6 Å². The molecule has 0 fully saturated rings. The molecule has 0 aromatic carbocycles. The van der Waals surface area contributed by atoms with Gasteiger partial charge in [0.2, 0.25) is 5.88 Å². The summed E-state index contributed by atoms with van der Waals surface area (Å²) >= 11 is 0. The summed E-state index contributed by atoms with van der Waals surface area (Å²) in [6.07, 6.45) is 1.49. The molecule has 110 valence electrons. The number of nitrogens with one attached hydrogen (secondary N) is 1. The lowest BCUT2D eigenvalue weighted by atomic mass is 10.2. The number of aromatic nitrogens is 1. The van der Waals surface area contributed by atoms with Crippen molar-refractivity contribution >= 4 is 11.9 Å². The van der Waals surface area contributed by atoms with Crippen LogP contribution in [0.3, 0.4) is 0 Å². The molecule has 0 spiro atoms. The minimum atomic E-state index is -0.858. The molecule has 0 radical (unpaired) electrons. The molecule has 0 aliphatic rings. The highest BCUT2D eigenvalue weighted by molar-refractivity contribution is 5.94. The number of esters is 1. The first-order chi connectivity index (χ1) is 9.60. The molecule has 1 heterocycles. The van der Waals surface area contributed by atoms with Crippen molar-refractivity contribution in [1.82, 2.24) is 10.3 Å². The van der Waals surface area contributed by atoms with Crippen LogP contribution in [0.4, 0.5) is 0 Å². The Kier molecular flexibility index (Phi) is 6.49. The quantitative estimate of drug-likeness (QED) is 0.767. The Hall–Kier alpha value is -2.11. The fraction of sp³-hybridized carbons (Fsp3) is 0.500. The van der Waals surface area contributed by atoms with Crippen molar-refractivity contribution in [2.75, 3.05) is 13.2 Å². The van der Waals surface area contributed by atoms with Crippen molar-refractivity contribution in [1.29, 1.82) is 0 Å². The van der Waals surface area contributed by atoms with Crippen LogP contribution in [0.2, 0.25) is 0 Å². The molecule has 20 heavy (non-hydrogen) atoms. The highest BCUT2D eigenvalue weighted by atomic mass is 16.5. The van der Waals surface area contributed by atoms with Crippen molar-refractivity contribution < 1.29 is 19.1 Å². The molecular weight excluding hydrogens is 260 g/mol. The van der Waals surface area contributed by atoms with Gasteiger partial charge in [0, 0.05) is 12.7 Å². The molecule has 0 aliphatic heterocycles. The molecular formula is C14H20N2O4. The number of pyridine rings is 1. The Morgan fingerprint density at radius 2 is 2.15 bits per heavy atom. The molecule has 1 rings (SSSR count). The van der Waals surface area contributed by atoms with Crippen molar-refractivity contribution in [3.05, 3.63) is 23.9 Å². The van der Waals surface area contributed by atoms with Gasteiger partial charge in [-0.15, -0.1) is 0 Å². The maximum Gasteiger partial charge on any atom is 0.344 e. The monoisotopic (exact) mass is 280 g/mol. The lowest BCUT2D eigenvalue weighted by Crippen LogP contribution is -2.36. The molecule has 1 unspecified atom stereocenters. The lowest BCUT2D eigenvalue weighted by molar-refractivity contribution is -0.129. The molecule has 1 N–H and O–H groups in total. The summed E-state index contributed by atoms with van der Waals surface area (Å²) in [6.45, 7) is 6.22. The first kappa shape index (κ1) is 15.9. The number of amides is 1. The van der Waals surface area contributed by atoms with Gasteiger partial charge in [0.15, 0.2) is 6.10 Å². The van der Waals surface area contributed by atoms with E-state index >= 15 is 0 Å². The van der Waals surface area contributed by atoms with Gasteiger partial charge in [0.1, 0.15) is 5.56 Å². The molecule has 0 bridgehead atoms. The third-order valence-corrected chi connectivity index (χ3v) is 2.47. The normalized spacial score (nSPS) is 11.6. The van der Waals surface area contributed by atoms with E-state index in [0.717, 1.165) is 6.42 Å². The van der Waals surface area contributed by atoms with Gasteiger partial charge in [-0.05, 0) is 32.4 Å². The smallest absolute Gasteiger partial charge is 0.344 e. The van der Waals surface area contributed by atoms with Crippen molar-refractivity contribution in [3.8, 4) is 5.88 Å². The van der Waals surface area contributed by atoms with E-state index in [1.165, 1.54) is 13.1 Å². The number of ether oxygens (including phenoxy) is 2. The molecule has 0 saturated carbocycles. The van der Waals surface area contributed by atoms with Gasteiger partial charge in [-0.1, -0.05) is 6.92 Å². The third kappa shape index (κ3) is 4.53. The first-order valence-corrected chi connectivity index (χ1v) is 6.66. The summed E-state index contributed by atoms with van der Waals surface area (Å²) in [4.78, 5) is 27.6. The van der Waals surface area contributed by atoms with Crippen LogP contribution in [0, 0.1) is 0 Å². The number of hydrogen-bond donors (Lipinski definition) is 1. The Morgan fingerprint density at radius 1 is 1.40 bits per heavy atom. The van der Waals surface area contributed by atoms with Crippen LogP contribution in [-0.4, -0.2) is 36.1 Å². The number of rotatable bonds is 7. The van der Waals surface area contributed by atoms with Crippen LogP contribution < -0.4 is 10.1 Å².